The maximum Gasteiger partial charge on any atom is 0.407 e. The maximum atomic E-state index is 12.1. The SMILES string of the molecule is CCOC(=O)C(OC(=O)Cl)OC(=O)C(C)c1ccc(Cl)cc1Cl. The summed E-state index contributed by atoms with van der Waals surface area (Å²) in [6.07, 6.45) is -1.89. The van der Waals surface area contributed by atoms with Crippen molar-refractivity contribution in [1.29, 1.82) is 0 Å². The summed E-state index contributed by atoms with van der Waals surface area (Å²) in [6.45, 7) is 3.04. The summed E-state index contributed by atoms with van der Waals surface area (Å²) in [6, 6.07) is 4.56. The van der Waals surface area contributed by atoms with Crippen LogP contribution < -0.4 is 0 Å². The molecule has 23 heavy (non-hydrogen) atoms. The molecule has 0 saturated heterocycles. The average Bonchev–Trinajstić information content (AvgIpc) is 2.45. The van der Waals surface area contributed by atoms with Crippen LogP contribution in [-0.2, 0) is 23.8 Å². The lowest BCUT2D eigenvalue weighted by Crippen LogP contribution is -2.34. The van der Waals surface area contributed by atoms with Gasteiger partial charge in [-0.2, -0.15) is 0 Å². The predicted octanol–water partition coefficient (Wildman–Crippen LogP) is 3.90. The minimum Gasteiger partial charge on any atom is -0.460 e. The Balaban J connectivity index is 2.88. The number of carbonyl (C=O) groups is 3. The molecular formula is C14H13Cl3O6. The van der Waals surface area contributed by atoms with Crippen molar-refractivity contribution in [3.63, 3.8) is 0 Å². The lowest BCUT2D eigenvalue weighted by molar-refractivity contribution is -0.190. The largest absolute Gasteiger partial charge is 0.460 e. The average molecular weight is 384 g/mol. The van der Waals surface area contributed by atoms with E-state index in [1.54, 1.807) is 12.1 Å². The number of ether oxygens (including phenoxy) is 3. The normalized spacial score (nSPS) is 12.9. The molecular weight excluding hydrogens is 371 g/mol. The first-order valence-electron chi connectivity index (χ1n) is 6.44. The van der Waals surface area contributed by atoms with Crippen molar-refractivity contribution >= 4 is 52.2 Å². The van der Waals surface area contributed by atoms with Gasteiger partial charge >= 0.3 is 23.7 Å². The lowest BCUT2D eigenvalue weighted by atomic mass is 10.0. The second-order valence-corrected chi connectivity index (χ2v) is 5.42. The predicted molar refractivity (Wildman–Crippen MR) is 83.7 cm³/mol. The minimum atomic E-state index is -1.89. The van der Waals surface area contributed by atoms with E-state index < -0.39 is 29.6 Å². The maximum absolute atomic E-state index is 12.1. The monoisotopic (exact) mass is 382 g/mol. The van der Waals surface area contributed by atoms with Crippen molar-refractivity contribution in [2.24, 2.45) is 0 Å². The fourth-order valence-electron chi connectivity index (χ4n) is 1.60. The Morgan fingerprint density at radius 2 is 1.78 bits per heavy atom. The van der Waals surface area contributed by atoms with Gasteiger partial charge < -0.3 is 14.2 Å². The van der Waals surface area contributed by atoms with Gasteiger partial charge in [0.2, 0.25) is 0 Å². The summed E-state index contributed by atoms with van der Waals surface area (Å²) in [5.41, 5.74) is -0.881. The molecule has 1 rings (SSSR count). The van der Waals surface area contributed by atoms with Gasteiger partial charge in [-0.05, 0) is 31.5 Å². The summed E-state index contributed by atoms with van der Waals surface area (Å²) < 4.78 is 13.9. The van der Waals surface area contributed by atoms with E-state index in [4.69, 9.17) is 39.5 Å². The first-order chi connectivity index (χ1) is 10.8. The van der Waals surface area contributed by atoms with Crippen molar-refractivity contribution in [1.82, 2.24) is 0 Å². The van der Waals surface area contributed by atoms with Crippen LogP contribution in [0.5, 0.6) is 0 Å². The van der Waals surface area contributed by atoms with E-state index in [0.717, 1.165) is 0 Å². The van der Waals surface area contributed by atoms with E-state index in [1.807, 2.05) is 0 Å². The topological polar surface area (TPSA) is 78.9 Å². The van der Waals surface area contributed by atoms with Gasteiger partial charge in [0.05, 0.1) is 12.5 Å². The van der Waals surface area contributed by atoms with Gasteiger partial charge in [0.25, 0.3) is 0 Å². The highest BCUT2D eigenvalue weighted by Crippen LogP contribution is 2.28. The Hall–Kier alpha value is -1.50. The molecule has 0 saturated carbocycles. The highest BCUT2D eigenvalue weighted by Gasteiger charge is 2.31. The Labute approximate surface area is 147 Å². The Bertz CT molecular complexity index is 604. The summed E-state index contributed by atoms with van der Waals surface area (Å²) in [5, 5.41) is 0.656. The van der Waals surface area contributed by atoms with Crippen molar-refractivity contribution in [2.75, 3.05) is 6.61 Å². The van der Waals surface area contributed by atoms with Crippen LogP contribution >= 0.6 is 34.8 Å². The zero-order valence-corrected chi connectivity index (χ0v) is 14.4. The van der Waals surface area contributed by atoms with Gasteiger partial charge in [0.1, 0.15) is 0 Å². The summed E-state index contributed by atoms with van der Waals surface area (Å²) >= 11 is 16.8. The number of benzene rings is 1. The molecule has 0 aromatic heterocycles. The third kappa shape index (κ3) is 5.89. The number of rotatable bonds is 6. The van der Waals surface area contributed by atoms with Crippen LogP contribution in [0.25, 0.3) is 0 Å². The molecule has 0 spiro atoms. The van der Waals surface area contributed by atoms with Crippen molar-refractivity contribution in [2.45, 2.75) is 26.1 Å². The van der Waals surface area contributed by atoms with Gasteiger partial charge in [-0.25, -0.2) is 9.59 Å². The fourth-order valence-corrected chi connectivity index (χ4v) is 2.26. The first kappa shape index (κ1) is 19.5. The van der Waals surface area contributed by atoms with Crippen molar-refractivity contribution in [3.8, 4) is 0 Å². The molecule has 0 heterocycles. The number of hydrogen-bond acceptors (Lipinski definition) is 6. The van der Waals surface area contributed by atoms with Crippen LogP contribution in [0.3, 0.4) is 0 Å². The molecule has 0 aliphatic heterocycles. The molecule has 126 valence electrons. The highest BCUT2D eigenvalue weighted by molar-refractivity contribution is 6.61. The summed E-state index contributed by atoms with van der Waals surface area (Å²) in [7, 11) is 0. The summed E-state index contributed by atoms with van der Waals surface area (Å²) in [5.74, 6) is -2.75. The van der Waals surface area contributed by atoms with Crippen LogP contribution in [0.2, 0.25) is 10.0 Å². The van der Waals surface area contributed by atoms with Gasteiger partial charge in [0, 0.05) is 21.6 Å². The van der Waals surface area contributed by atoms with E-state index >= 15 is 0 Å². The second-order valence-electron chi connectivity index (χ2n) is 4.26. The van der Waals surface area contributed by atoms with Crippen LogP contribution in [0.15, 0.2) is 18.2 Å². The lowest BCUT2D eigenvalue weighted by Gasteiger charge is -2.18. The molecule has 1 aromatic carbocycles. The van der Waals surface area contributed by atoms with Crippen LogP contribution in [0.1, 0.15) is 25.3 Å². The molecule has 9 heteroatoms. The standard InChI is InChI=1S/C14H13Cl3O6/c1-3-21-12(19)13(23-14(17)20)22-11(18)7(2)9-5-4-8(15)6-10(9)16/h4-7,13H,3H2,1-2H3. The highest BCUT2D eigenvalue weighted by atomic mass is 35.5. The van der Waals surface area contributed by atoms with Gasteiger partial charge in [0.15, 0.2) is 0 Å². The quantitative estimate of drug-likeness (QED) is 0.421. The molecule has 0 radical (unpaired) electrons. The molecule has 2 unspecified atom stereocenters. The van der Waals surface area contributed by atoms with Crippen molar-refractivity contribution < 1.29 is 28.6 Å². The van der Waals surface area contributed by atoms with Gasteiger partial charge in [-0.3, -0.25) is 4.79 Å². The van der Waals surface area contributed by atoms with E-state index in [2.05, 4.69) is 9.47 Å². The van der Waals surface area contributed by atoms with Crippen LogP contribution in [0.4, 0.5) is 4.79 Å². The number of hydrogen-bond donors (Lipinski definition) is 0. The van der Waals surface area contributed by atoms with Crippen molar-refractivity contribution in [3.05, 3.63) is 33.8 Å². The van der Waals surface area contributed by atoms with E-state index in [9.17, 15) is 14.4 Å². The minimum absolute atomic E-state index is 0.00524. The van der Waals surface area contributed by atoms with Crippen LogP contribution in [-0.4, -0.2) is 30.3 Å². The molecule has 1 aromatic rings. The van der Waals surface area contributed by atoms with E-state index in [0.29, 0.717) is 10.6 Å². The molecule has 0 fully saturated rings. The molecule has 0 amide bonds. The number of carbonyl (C=O) groups excluding carboxylic acids is 3. The Morgan fingerprint density at radius 1 is 1.13 bits per heavy atom. The Morgan fingerprint density at radius 3 is 2.30 bits per heavy atom. The molecule has 0 bridgehead atoms. The summed E-state index contributed by atoms with van der Waals surface area (Å²) in [4.78, 5) is 34.5. The van der Waals surface area contributed by atoms with E-state index in [1.165, 1.54) is 19.9 Å². The molecule has 0 N–H and O–H groups in total. The molecule has 2 atom stereocenters. The van der Waals surface area contributed by atoms with E-state index in [-0.39, 0.29) is 11.6 Å². The van der Waals surface area contributed by atoms with Gasteiger partial charge in [-0.1, -0.05) is 29.3 Å². The molecule has 0 aliphatic rings. The van der Waals surface area contributed by atoms with Crippen LogP contribution in [0, 0.1) is 0 Å². The second kappa shape index (κ2) is 8.96. The third-order valence-electron chi connectivity index (χ3n) is 2.68. The molecule has 6 nitrogen and oxygen atoms in total. The third-order valence-corrected chi connectivity index (χ3v) is 3.34. The zero-order valence-electron chi connectivity index (χ0n) is 12.2. The fraction of sp³-hybridized carbons (Fsp3) is 0.357. The first-order valence-corrected chi connectivity index (χ1v) is 7.57. The Kier molecular flexibility index (Phi) is 7.61. The number of esters is 2. The van der Waals surface area contributed by atoms with Gasteiger partial charge in [-0.15, -0.1) is 0 Å². The smallest absolute Gasteiger partial charge is 0.407 e. The molecule has 0 aliphatic carbocycles. The zero-order chi connectivity index (χ0) is 17.6. The number of halogens is 3.